The van der Waals surface area contributed by atoms with Crippen LogP contribution in [0.2, 0.25) is 5.02 Å². The zero-order valence-corrected chi connectivity index (χ0v) is 17.0. The average molecular weight is 419 g/mol. The third-order valence-electron chi connectivity index (χ3n) is 4.57. The maximum atomic E-state index is 6.22. The minimum absolute atomic E-state index is 0.630. The van der Waals surface area contributed by atoms with Crippen molar-refractivity contribution in [2.24, 2.45) is 0 Å². The van der Waals surface area contributed by atoms with Crippen LogP contribution in [-0.4, -0.2) is 30.0 Å². The minimum Gasteiger partial charge on any atom is -0.231 e. The summed E-state index contributed by atoms with van der Waals surface area (Å²) < 4.78 is 3.61. The number of hydrogen-bond donors (Lipinski definition) is 0. The maximum absolute atomic E-state index is 6.22. The first-order valence-electron chi connectivity index (χ1n) is 8.94. The van der Waals surface area contributed by atoms with Gasteiger partial charge in [-0.25, -0.2) is 4.68 Å². The summed E-state index contributed by atoms with van der Waals surface area (Å²) in [4.78, 5) is 1.07. The molecule has 0 saturated carbocycles. The predicted molar refractivity (Wildman–Crippen MR) is 115 cm³/mol. The van der Waals surface area contributed by atoms with Gasteiger partial charge in [-0.2, -0.15) is 9.78 Å². The topological polar surface area (TPSA) is 61.4 Å². The van der Waals surface area contributed by atoms with Gasteiger partial charge >= 0.3 is 0 Å². The van der Waals surface area contributed by atoms with Crippen LogP contribution < -0.4 is 0 Å². The van der Waals surface area contributed by atoms with Crippen LogP contribution in [0.4, 0.5) is 0 Å². The van der Waals surface area contributed by atoms with Crippen molar-refractivity contribution in [3.63, 3.8) is 0 Å². The van der Waals surface area contributed by atoms with E-state index >= 15 is 0 Å². The van der Waals surface area contributed by atoms with Crippen molar-refractivity contribution in [3.8, 4) is 33.3 Å². The number of halogens is 1. The number of tetrazole rings is 1. The Kier molecular flexibility index (Phi) is 4.46. The third kappa shape index (κ3) is 3.24. The Morgan fingerprint density at radius 3 is 2.55 bits per heavy atom. The number of aromatic nitrogens is 6. The van der Waals surface area contributed by atoms with E-state index in [9.17, 15) is 0 Å². The van der Waals surface area contributed by atoms with E-state index in [2.05, 4.69) is 26.7 Å². The first-order valence-corrected chi connectivity index (χ1v) is 10.2. The van der Waals surface area contributed by atoms with E-state index in [0.29, 0.717) is 10.8 Å². The second kappa shape index (κ2) is 7.27. The van der Waals surface area contributed by atoms with E-state index in [1.807, 2.05) is 71.6 Å². The third-order valence-corrected chi connectivity index (χ3v) is 5.68. The Balaban J connectivity index is 1.72. The average Bonchev–Trinajstić information content (AvgIpc) is 3.47. The molecule has 0 unspecified atom stereocenters. The number of hydrogen-bond acceptors (Lipinski definition) is 5. The normalized spacial score (nSPS) is 11.1. The minimum atomic E-state index is 0.630. The van der Waals surface area contributed by atoms with Gasteiger partial charge in [-0.15, -0.1) is 16.4 Å². The van der Waals surface area contributed by atoms with Crippen molar-refractivity contribution in [2.45, 2.75) is 6.92 Å². The summed E-state index contributed by atoms with van der Waals surface area (Å²) >= 11 is 7.86. The molecule has 0 fully saturated rings. The fraction of sp³-hybridized carbons (Fsp3) is 0.0476. The van der Waals surface area contributed by atoms with Crippen molar-refractivity contribution in [3.05, 3.63) is 82.8 Å². The predicted octanol–water partition coefficient (Wildman–Crippen LogP) is 5.21. The van der Waals surface area contributed by atoms with Crippen LogP contribution in [0, 0.1) is 6.92 Å². The lowest BCUT2D eigenvalue weighted by molar-refractivity contribution is 0.791. The highest BCUT2D eigenvalue weighted by Gasteiger charge is 2.22. The summed E-state index contributed by atoms with van der Waals surface area (Å²) in [6.45, 7) is 2.05. The van der Waals surface area contributed by atoms with Crippen LogP contribution in [0.25, 0.3) is 33.3 Å². The Morgan fingerprint density at radius 1 is 0.931 bits per heavy atom. The summed E-state index contributed by atoms with van der Waals surface area (Å²) in [5.74, 6) is 0.630. The van der Waals surface area contributed by atoms with Crippen molar-refractivity contribution in [2.75, 3.05) is 0 Å². The molecule has 6 nitrogen and oxygen atoms in total. The Morgan fingerprint density at radius 2 is 1.79 bits per heavy atom. The fourth-order valence-electron chi connectivity index (χ4n) is 3.18. The van der Waals surface area contributed by atoms with Crippen LogP contribution in [0.5, 0.6) is 0 Å². The Labute approximate surface area is 176 Å². The van der Waals surface area contributed by atoms with Crippen molar-refractivity contribution >= 4 is 22.9 Å². The molecule has 0 radical (unpaired) electrons. The molecule has 142 valence electrons. The molecular formula is C21H15ClN6S. The van der Waals surface area contributed by atoms with Gasteiger partial charge in [-0.05, 0) is 59.1 Å². The van der Waals surface area contributed by atoms with Crippen molar-refractivity contribution in [1.29, 1.82) is 0 Å². The van der Waals surface area contributed by atoms with Gasteiger partial charge in [0.2, 0.25) is 0 Å². The van der Waals surface area contributed by atoms with E-state index in [1.165, 1.54) is 5.56 Å². The number of nitrogens with zero attached hydrogens (tertiary/aromatic N) is 6. The molecule has 8 heteroatoms. The molecule has 0 spiro atoms. The van der Waals surface area contributed by atoms with Gasteiger partial charge in [0, 0.05) is 5.02 Å². The number of benzene rings is 2. The molecule has 5 aromatic rings. The molecule has 0 bridgehead atoms. The molecule has 0 aliphatic carbocycles. The number of aryl methyl sites for hydroxylation is 1. The lowest BCUT2D eigenvalue weighted by atomic mass is 10.2. The van der Waals surface area contributed by atoms with E-state index in [1.54, 1.807) is 22.2 Å². The van der Waals surface area contributed by atoms with Crippen LogP contribution in [-0.2, 0) is 0 Å². The zero-order chi connectivity index (χ0) is 19.8. The molecule has 0 N–H and O–H groups in total. The summed E-state index contributed by atoms with van der Waals surface area (Å²) in [6, 6.07) is 19.8. The van der Waals surface area contributed by atoms with Crippen molar-refractivity contribution < 1.29 is 0 Å². The summed E-state index contributed by atoms with van der Waals surface area (Å²) in [7, 11) is 0. The van der Waals surface area contributed by atoms with E-state index in [0.717, 1.165) is 27.5 Å². The van der Waals surface area contributed by atoms with Crippen LogP contribution >= 0.6 is 22.9 Å². The molecule has 3 heterocycles. The lowest BCUT2D eigenvalue weighted by Crippen LogP contribution is -2.02. The molecule has 0 amide bonds. The second-order valence-electron chi connectivity index (χ2n) is 6.53. The van der Waals surface area contributed by atoms with E-state index in [-0.39, 0.29) is 0 Å². The molecule has 0 saturated heterocycles. The molecule has 29 heavy (non-hydrogen) atoms. The molecule has 3 aromatic heterocycles. The highest BCUT2D eigenvalue weighted by atomic mass is 35.5. The first kappa shape index (κ1) is 17.8. The van der Waals surface area contributed by atoms with Gasteiger partial charge < -0.3 is 0 Å². The van der Waals surface area contributed by atoms with Crippen LogP contribution in [0.3, 0.4) is 0 Å². The summed E-state index contributed by atoms with van der Waals surface area (Å²) in [6.07, 6.45) is 1.80. The Bertz CT molecular complexity index is 1270. The van der Waals surface area contributed by atoms with Gasteiger partial charge in [0.25, 0.3) is 0 Å². The standard InChI is InChI=1S/C21H15ClN6S/c1-14-7-9-16(10-8-14)28-21(24-25-26-28)18-13-23-27(17-5-2-4-15(22)12-17)20(18)19-6-3-11-29-19/h2-13H,1H3. The van der Waals surface area contributed by atoms with Gasteiger partial charge in [-0.1, -0.05) is 41.4 Å². The SMILES string of the molecule is Cc1ccc(-n2nnnc2-c2cnn(-c3cccc(Cl)c3)c2-c2cccs2)cc1. The van der Waals surface area contributed by atoms with Gasteiger partial charge in [-0.3, -0.25) is 0 Å². The van der Waals surface area contributed by atoms with Gasteiger partial charge in [0.05, 0.1) is 33.7 Å². The summed E-state index contributed by atoms with van der Waals surface area (Å²) in [5, 5.41) is 19.8. The highest BCUT2D eigenvalue weighted by Crippen LogP contribution is 2.36. The summed E-state index contributed by atoms with van der Waals surface area (Å²) in [5.41, 5.74) is 4.71. The molecule has 2 aromatic carbocycles. The maximum Gasteiger partial charge on any atom is 0.190 e. The monoisotopic (exact) mass is 418 g/mol. The highest BCUT2D eigenvalue weighted by molar-refractivity contribution is 7.13. The van der Waals surface area contributed by atoms with Crippen molar-refractivity contribution in [1.82, 2.24) is 30.0 Å². The van der Waals surface area contributed by atoms with E-state index < -0.39 is 0 Å². The van der Waals surface area contributed by atoms with Crippen LogP contribution in [0.15, 0.2) is 72.2 Å². The van der Waals surface area contributed by atoms with E-state index in [4.69, 9.17) is 11.6 Å². The zero-order valence-electron chi connectivity index (χ0n) is 15.4. The molecule has 0 atom stereocenters. The Hall–Kier alpha value is -3.29. The molecule has 0 aliphatic heterocycles. The smallest absolute Gasteiger partial charge is 0.190 e. The lowest BCUT2D eigenvalue weighted by Gasteiger charge is -2.09. The quantitative estimate of drug-likeness (QED) is 0.402. The molecule has 0 aliphatic rings. The number of rotatable bonds is 4. The molecular weight excluding hydrogens is 404 g/mol. The largest absolute Gasteiger partial charge is 0.231 e. The second-order valence-corrected chi connectivity index (χ2v) is 7.91. The number of thiophene rings is 1. The molecule has 5 rings (SSSR count). The fourth-order valence-corrected chi connectivity index (χ4v) is 4.13. The first-order chi connectivity index (χ1) is 14.2. The van der Waals surface area contributed by atoms with Gasteiger partial charge in [0.15, 0.2) is 5.82 Å². The van der Waals surface area contributed by atoms with Crippen LogP contribution in [0.1, 0.15) is 5.56 Å². The van der Waals surface area contributed by atoms with Gasteiger partial charge in [0.1, 0.15) is 0 Å².